The van der Waals surface area contributed by atoms with Gasteiger partial charge >= 0.3 is 5.97 Å². The number of carbonyl (C=O) groups is 1. The summed E-state index contributed by atoms with van der Waals surface area (Å²) < 4.78 is 14.1. The van der Waals surface area contributed by atoms with Crippen molar-refractivity contribution < 1.29 is 29.6 Å². The molecular weight excluding hydrogens is 753 g/mol. The summed E-state index contributed by atoms with van der Waals surface area (Å²) in [5.74, 6) is 0.173. The standard InChI is InChI=1S/C41H46N6O7S2/c1-24-6-14-35(56-24)41(52,34-5-3-20-55-34)40(51)54-27-9-7-26(8-10-27)46(2)17-4-18-47-38-31(44-45-47)21-25(28-16-19-53-39(28)38)22-42-23-33(49)29-11-13-32(48)37-30(29)12-15-36(50)43-37/h3,5-6,11-15,20-21,26-27,33,42,48-49,52H,4,7-10,16-19,22-23H2,1-2H3,(H,43,50)/t26?,27?,33-,41?/m0/s1. The molecule has 0 bridgehead atoms. The van der Waals surface area contributed by atoms with Gasteiger partial charge in [-0.05, 0) is 106 Å². The van der Waals surface area contributed by atoms with Gasteiger partial charge in [-0.1, -0.05) is 17.3 Å². The zero-order chi connectivity index (χ0) is 39.0. The van der Waals surface area contributed by atoms with Gasteiger partial charge in [0.05, 0.1) is 28.0 Å². The van der Waals surface area contributed by atoms with Crippen LogP contribution in [0.5, 0.6) is 11.5 Å². The third-order valence-electron chi connectivity index (χ3n) is 11.2. The van der Waals surface area contributed by atoms with E-state index in [4.69, 9.17) is 9.47 Å². The number of thiophene rings is 2. The number of carbonyl (C=O) groups excluding carboxylic acids is 1. The molecule has 6 aromatic rings. The number of fused-ring (bicyclic) bond motifs is 4. The minimum Gasteiger partial charge on any atom is -0.506 e. The Kier molecular flexibility index (Phi) is 11.0. The van der Waals surface area contributed by atoms with Gasteiger partial charge in [-0.25, -0.2) is 9.48 Å². The molecule has 1 aliphatic carbocycles. The van der Waals surface area contributed by atoms with E-state index < -0.39 is 17.7 Å². The molecule has 2 aromatic carbocycles. The largest absolute Gasteiger partial charge is 0.506 e. The molecule has 1 saturated carbocycles. The lowest BCUT2D eigenvalue weighted by Gasteiger charge is -2.35. The fourth-order valence-corrected chi connectivity index (χ4v) is 9.98. The minimum absolute atomic E-state index is 0.0455. The Morgan fingerprint density at radius 1 is 1.16 bits per heavy atom. The molecule has 15 heteroatoms. The fraction of sp³-hybridized carbons (Fsp3) is 0.415. The van der Waals surface area contributed by atoms with Crippen molar-refractivity contribution in [3.8, 4) is 11.5 Å². The van der Waals surface area contributed by atoms with Crippen LogP contribution in [0.2, 0.25) is 0 Å². The van der Waals surface area contributed by atoms with E-state index in [1.807, 2.05) is 41.3 Å². The molecule has 0 amide bonds. The maximum absolute atomic E-state index is 13.5. The van der Waals surface area contributed by atoms with E-state index in [0.717, 1.165) is 77.9 Å². The normalized spacial score (nSPS) is 18.6. The maximum Gasteiger partial charge on any atom is 0.349 e. The van der Waals surface area contributed by atoms with Gasteiger partial charge in [0.25, 0.3) is 0 Å². The topological polar surface area (TPSA) is 175 Å². The SMILES string of the molecule is Cc1ccc(C(O)(C(=O)OC2CCC(N(C)CCCn3nnc4cc(CNC[C@H](O)c5ccc(O)c6[nH]c(=O)ccc56)c5c(c43)OCC5)CC2)c2cccs2)s1. The van der Waals surface area contributed by atoms with Gasteiger partial charge in [-0.3, -0.25) is 4.79 Å². The summed E-state index contributed by atoms with van der Waals surface area (Å²) >= 11 is 2.77. The molecule has 13 nitrogen and oxygen atoms in total. The second kappa shape index (κ2) is 16.1. The molecule has 0 spiro atoms. The first kappa shape index (κ1) is 38.2. The summed E-state index contributed by atoms with van der Waals surface area (Å²) in [5.41, 5.74) is 2.61. The molecule has 0 saturated heterocycles. The molecular formula is C41H46N6O7S2. The minimum atomic E-state index is -1.80. The Bertz CT molecular complexity index is 2400. The second-order valence-corrected chi connectivity index (χ2v) is 17.1. The average Bonchev–Trinajstić information content (AvgIpc) is 4.03. The lowest BCUT2D eigenvalue weighted by atomic mass is 9.91. The monoisotopic (exact) mass is 798 g/mol. The number of aromatic nitrogens is 4. The predicted molar refractivity (Wildman–Crippen MR) is 215 cm³/mol. The van der Waals surface area contributed by atoms with Crippen LogP contribution in [0.15, 0.2) is 64.8 Å². The number of hydrogen-bond donors (Lipinski definition) is 5. The van der Waals surface area contributed by atoms with Gasteiger partial charge in [0.1, 0.15) is 22.9 Å². The van der Waals surface area contributed by atoms with Crippen molar-refractivity contribution in [3.05, 3.63) is 102 Å². The van der Waals surface area contributed by atoms with Crippen molar-refractivity contribution >= 4 is 50.6 Å². The van der Waals surface area contributed by atoms with Gasteiger partial charge in [-0.2, -0.15) is 0 Å². The highest BCUT2D eigenvalue weighted by Crippen LogP contribution is 2.40. The number of phenols is 1. The molecule has 56 heavy (non-hydrogen) atoms. The number of aliphatic hydroxyl groups excluding tert-OH is 1. The number of benzene rings is 2. The van der Waals surface area contributed by atoms with E-state index in [9.17, 15) is 24.9 Å². The van der Waals surface area contributed by atoms with Crippen LogP contribution in [-0.2, 0) is 34.6 Å². The molecule has 2 atom stereocenters. The van der Waals surface area contributed by atoms with Crippen molar-refractivity contribution in [3.63, 3.8) is 0 Å². The Labute approximate surface area is 331 Å². The van der Waals surface area contributed by atoms with E-state index in [2.05, 4.69) is 32.6 Å². The van der Waals surface area contributed by atoms with Crippen molar-refractivity contribution in [1.82, 2.24) is 30.2 Å². The van der Waals surface area contributed by atoms with Crippen LogP contribution in [0.1, 0.15) is 69.5 Å². The summed E-state index contributed by atoms with van der Waals surface area (Å²) in [7, 11) is 2.15. The Balaban J connectivity index is 0.843. The summed E-state index contributed by atoms with van der Waals surface area (Å²) in [6, 6.07) is 15.9. The van der Waals surface area contributed by atoms with Gasteiger partial charge < -0.3 is 40.0 Å². The van der Waals surface area contributed by atoms with E-state index in [1.54, 1.807) is 18.2 Å². The number of H-pyrrole nitrogens is 1. The van der Waals surface area contributed by atoms with E-state index in [0.29, 0.717) is 52.0 Å². The Morgan fingerprint density at radius 2 is 2.00 bits per heavy atom. The van der Waals surface area contributed by atoms with Crippen LogP contribution < -0.4 is 15.6 Å². The highest BCUT2D eigenvalue weighted by molar-refractivity contribution is 7.13. The van der Waals surface area contributed by atoms with E-state index >= 15 is 0 Å². The Hall–Kier alpha value is -4.64. The number of aryl methyl sites for hydroxylation is 2. The quantitative estimate of drug-likeness (QED) is 0.0908. The Morgan fingerprint density at radius 3 is 2.77 bits per heavy atom. The fourth-order valence-electron chi connectivity index (χ4n) is 8.13. The third-order valence-corrected chi connectivity index (χ3v) is 13.2. The highest BCUT2D eigenvalue weighted by atomic mass is 32.1. The van der Waals surface area contributed by atoms with Gasteiger partial charge in [-0.15, -0.1) is 27.8 Å². The smallest absolute Gasteiger partial charge is 0.349 e. The summed E-state index contributed by atoms with van der Waals surface area (Å²) in [6.45, 7) is 4.84. The molecule has 294 valence electrons. The van der Waals surface area contributed by atoms with Gasteiger partial charge in [0.15, 0.2) is 5.75 Å². The summed E-state index contributed by atoms with van der Waals surface area (Å²) in [4.78, 5) is 32.6. The predicted octanol–water partition coefficient (Wildman–Crippen LogP) is 5.28. The number of aliphatic hydroxyl groups is 2. The van der Waals surface area contributed by atoms with Crippen molar-refractivity contribution in [2.45, 2.75) is 82.4 Å². The molecule has 5 heterocycles. The zero-order valence-electron chi connectivity index (χ0n) is 31.4. The number of nitrogens with zero attached hydrogens (tertiary/aromatic N) is 4. The lowest BCUT2D eigenvalue weighted by molar-refractivity contribution is -0.169. The van der Waals surface area contributed by atoms with Gasteiger partial charge in [0, 0.05) is 54.0 Å². The van der Waals surface area contributed by atoms with E-state index in [-0.39, 0.29) is 24.0 Å². The van der Waals surface area contributed by atoms with Crippen molar-refractivity contribution in [1.29, 1.82) is 0 Å². The number of esters is 1. The maximum atomic E-state index is 13.5. The van der Waals surface area contributed by atoms with Crippen LogP contribution in [0.4, 0.5) is 0 Å². The number of aromatic hydroxyl groups is 1. The number of rotatable bonds is 14. The number of nitrogens with one attached hydrogen (secondary N) is 2. The molecule has 1 fully saturated rings. The highest BCUT2D eigenvalue weighted by Gasteiger charge is 2.45. The van der Waals surface area contributed by atoms with Gasteiger partial charge in [0.2, 0.25) is 11.2 Å². The number of aromatic amines is 1. The number of ether oxygens (including phenoxy) is 2. The first-order chi connectivity index (χ1) is 27.1. The van der Waals surface area contributed by atoms with Crippen LogP contribution in [0.25, 0.3) is 21.9 Å². The number of pyridine rings is 1. The first-order valence-corrected chi connectivity index (χ1v) is 20.8. The third kappa shape index (κ3) is 7.46. The summed E-state index contributed by atoms with van der Waals surface area (Å²) in [5, 5.41) is 47.8. The number of hydrogen-bond acceptors (Lipinski definition) is 13. The molecule has 2 aliphatic rings. The average molecular weight is 799 g/mol. The van der Waals surface area contributed by atoms with Crippen molar-refractivity contribution in [2.24, 2.45) is 0 Å². The number of phenolic OH excluding ortho intramolecular Hbond substituents is 1. The first-order valence-electron chi connectivity index (χ1n) is 19.1. The van der Waals surface area contributed by atoms with Crippen LogP contribution in [0.3, 0.4) is 0 Å². The molecule has 8 rings (SSSR count). The van der Waals surface area contributed by atoms with Crippen LogP contribution in [-0.4, -0.2) is 85.1 Å². The molecule has 1 aliphatic heterocycles. The lowest BCUT2D eigenvalue weighted by Crippen LogP contribution is -2.42. The molecule has 0 radical (unpaired) electrons. The van der Waals surface area contributed by atoms with Crippen LogP contribution >= 0.6 is 22.7 Å². The van der Waals surface area contributed by atoms with Crippen LogP contribution in [0, 0.1) is 6.92 Å². The van der Waals surface area contributed by atoms with E-state index in [1.165, 1.54) is 34.8 Å². The molecule has 4 aromatic heterocycles. The zero-order valence-corrected chi connectivity index (χ0v) is 33.0. The summed E-state index contributed by atoms with van der Waals surface area (Å²) in [6.07, 6.45) is 3.83. The molecule has 5 N–H and O–H groups in total. The van der Waals surface area contributed by atoms with Crippen molar-refractivity contribution in [2.75, 3.05) is 26.7 Å². The molecule has 1 unspecified atom stereocenters. The second-order valence-electron chi connectivity index (χ2n) is 14.8.